The van der Waals surface area contributed by atoms with E-state index in [4.69, 9.17) is 0 Å². The molecule has 0 aliphatic carbocycles. The highest BCUT2D eigenvalue weighted by atomic mass is 16.2. The van der Waals surface area contributed by atoms with Crippen LogP contribution in [0.4, 0.5) is 5.69 Å². The van der Waals surface area contributed by atoms with Gasteiger partial charge in [-0.25, -0.2) is 5.01 Å². The molecule has 1 aliphatic rings. The third-order valence-corrected chi connectivity index (χ3v) is 4.13. The van der Waals surface area contributed by atoms with Gasteiger partial charge in [0.15, 0.2) is 0 Å². The quantitative estimate of drug-likeness (QED) is 0.583. The second-order valence-corrected chi connectivity index (χ2v) is 5.69. The van der Waals surface area contributed by atoms with Crippen LogP contribution in [-0.2, 0) is 16.6 Å². The van der Waals surface area contributed by atoms with Crippen LogP contribution in [0.1, 0.15) is 5.56 Å². The summed E-state index contributed by atoms with van der Waals surface area (Å²) in [5.41, 5.74) is 5.29. The second-order valence-electron chi connectivity index (χ2n) is 5.69. The van der Waals surface area contributed by atoms with Crippen LogP contribution in [0.25, 0.3) is 17.0 Å². The van der Waals surface area contributed by atoms with E-state index in [2.05, 4.69) is 5.43 Å². The van der Waals surface area contributed by atoms with Crippen molar-refractivity contribution in [1.29, 1.82) is 0 Å². The molecule has 1 aromatic heterocycles. The molecule has 0 saturated carbocycles. The Hall–Kier alpha value is -3.34. The summed E-state index contributed by atoms with van der Waals surface area (Å²) in [6.45, 7) is 0. The van der Waals surface area contributed by atoms with E-state index < -0.39 is 5.91 Å². The van der Waals surface area contributed by atoms with E-state index in [-0.39, 0.29) is 11.5 Å². The van der Waals surface area contributed by atoms with Gasteiger partial charge in [-0.1, -0.05) is 36.4 Å². The number of hydrazine groups is 1. The van der Waals surface area contributed by atoms with Crippen molar-refractivity contribution in [3.8, 4) is 0 Å². The molecule has 1 saturated heterocycles. The number of nitrogens with one attached hydrogen (secondary N) is 1. The Morgan fingerprint density at radius 1 is 0.958 bits per heavy atom. The number of fused-ring (bicyclic) bond motifs is 1. The van der Waals surface area contributed by atoms with Crippen LogP contribution < -0.4 is 10.4 Å². The third-order valence-electron chi connectivity index (χ3n) is 4.13. The molecule has 0 spiro atoms. The van der Waals surface area contributed by atoms with E-state index in [0.717, 1.165) is 16.5 Å². The fourth-order valence-electron chi connectivity index (χ4n) is 2.96. The van der Waals surface area contributed by atoms with Gasteiger partial charge in [0, 0.05) is 29.7 Å². The van der Waals surface area contributed by atoms with Gasteiger partial charge in [-0.3, -0.25) is 15.0 Å². The monoisotopic (exact) mass is 317 g/mol. The molecule has 0 atom stereocenters. The molecule has 1 N–H and O–H groups in total. The highest BCUT2D eigenvalue weighted by Crippen LogP contribution is 2.25. The summed E-state index contributed by atoms with van der Waals surface area (Å²) >= 11 is 0. The van der Waals surface area contributed by atoms with Gasteiger partial charge in [-0.2, -0.15) is 0 Å². The van der Waals surface area contributed by atoms with Crippen LogP contribution in [0.15, 0.2) is 66.4 Å². The topological polar surface area (TPSA) is 54.3 Å². The number of hydrogen-bond acceptors (Lipinski definition) is 2. The zero-order chi connectivity index (χ0) is 16.7. The van der Waals surface area contributed by atoms with E-state index in [0.29, 0.717) is 5.69 Å². The van der Waals surface area contributed by atoms with Gasteiger partial charge in [-0.15, -0.1) is 0 Å². The number of benzene rings is 2. The Labute approximate surface area is 138 Å². The first-order valence-corrected chi connectivity index (χ1v) is 7.61. The number of anilines is 1. The van der Waals surface area contributed by atoms with Gasteiger partial charge < -0.3 is 4.57 Å². The average Bonchev–Trinajstić information content (AvgIpc) is 3.08. The number of amides is 2. The van der Waals surface area contributed by atoms with Crippen LogP contribution in [-0.4, -0.2) is 16.4 Å². The van der Waals surface area contributed by atoms with Gasteiger partial charge in [-0.05, 0) is 24.3 Å². The summed E-state index contributed by atoms with van der Waals surface area (Å²) in [6, 6.07) is 16.9. The fourth-order valence-corrected chi connectivity index (χ4v) is 2.96. The lowest BCUT2D eigenvalue weighted by Gasteiger charge is -2.13. The number of aryl methyl sites for hydroxylation is 1. The van der Waals surface area contributed by atoms with Crippen LogP contribution >= 0.6 is 0 Å². The van der Waals surface area contributed by atoms with Crippen molar-refractivity contribution < 1.29 is 9.59 Å². The first kappa shape index (κ1) is 14.3. The Bertz CT molecular complexity index is 986. The van der Waals surface area contributed by atoms with E-state index in [1.54, 1.807) is 18.2 Å². The molecule has 2 heterocycles. The molecule has 1 aliphatic heterocycles. The van der Waals surface area contributed by atoms with Crippen LogP contribution in [0, 0.1) is 0 Å². The molecule has 5 nitrogen and oxygen atoms in total. The zero-order valence-corrected chi connectivity index (χ0v) is 13.1. The van der Waals surface area contributed by atoms with Crippen LogP contribution in [0.3, 0.4) is 0 Å². The first-order valence-electron chi connectivity index (χ1n) is 7.61. The lowest BCUT2D eigenvalue weighted by molar-refractivity contribution is -0.117. The van der Waals surface area contributed by atoms with E-state index in [1.807, 2.05) is 60.3 Å². The summed E-state index contributed by atoms with van der Waals surface area (Å²) in [6.07, 6.45) is 3.58. The molecule has 3 aromatic rings. The van der Waals surface area contributed by atoms with Crippen molar-refractivity contribution >= 4 is 34.5 Å². The lowest BCUT2D eigenvalue weighted by Crippen LogP contribution is -2.35. The fraction of sp³-hybridized carbons (Fsp3) is 0.0526. The summed E-state index contributed by atoms with van der Waals surface area (Å²) in [4.78, 5) is 24.9. The first-order chi connectivity index (χ1) is 11.6. The molecule has 0 radical (unpaired) electrons. The number of carbonyl (C=O) groups excluding carboxylic acids is 2. The molecule has 1 fully saturated rings. The minimum absolute atomic E-state index is 0.134. The zero-order valence-electron chi connectivity index (χ0n) is 13.1. The van der Waals surface area contributed by atoms with Gasteiger partial charge >= 0.3 is 0 Å². The smallest absolute Gasteiger partial charge is 0.282 e. The summed E-state index contributed by atoms with van der Waals surface area (Å²) < 4.78 is 1.98. The molecule has 2 aromatic carbocycles. The van der Waals surface area contributed by atoms with Crippen molar-refractivity contribution in [1.82, 2.24) is 9.99 Å². The number of nitrogens with zero attached hydrogens (tertiary/aromatic N) is 2. The second kappa shape index (κ2) is 5.38. The van der Waals surface area contributed by atoms with Crippen LogP contribution in [0.2, 0.25) is 0 Å². The van der Waals surface area contributed by atoms with Crippen molar-refractivity contribution in [2.24, 2.45) is 7.05 Å². The molecule has 0 unspecified atom stereocenters. The molecule has 24 heavy (non-hydrogen) atoms. The molecular weight excluding hydrogens is 302 g/mol. The van der Waals surface area contributed by atoms with Gasteiger partial charge in [0.05, 0.1) is 5.69 Å². The maximum absolute atomic E-state index is 12.6. The molecule has 118 valence electrons. The largest absolute Gasteiger partial charge is 0.350 e. The van der Waals surface area contributed by atoms with Crippen molar-refractivity contribution in [2.45, 2.75) is 0 Å². The standard InChI is InChI=1S/C19H15N3O2/c1-21-12-13(15-9-5-6-10-17(15)21)11-16-18(23)20-22(19(16)24)14-7-3-2-4-8-14/h2-12H,1H3,(H,20,23)/b16-11+. The predicted molar refractivity (Wildman–Crippen MR) is 93.0 cm³/mol. The molecule has 5 heteroatoms. The SMILES string of the molecule is Cn1cc(/C=C2\C(=O)NN(c3ccccc3)C2=O)c2ccccc21. The number of para-hydroxylation sites is 2. The Balaban J connectivity index is 1.77. The van der Waals surface area contributed by atoms with Gasteiger partial charge in [0.1, 0.15) is 5.57 Å². The van der Waals surface area contributed by atoms with E-state index in [1.165, 1.54) is 5.01 Å². The number of carbonyl (C=O) groups is 2. The molecule has 2 amide bonds. The summed E-state index contributed by atoms with van der Waals surface area (Å²) in [7, 11) is 1.94. The van der Waals surface area contributed by atoms with Crippen molar-refractivity contribution in [3.05, 3.63) is 71.9 Å². The summed E-state index contributed by atoms with van der Waals surface area (Å²) in [5, 5.41) is 2.28. The Morgan fingerprint density at radius 2 is 1.67 bits per heavy atom. The maximum Gasteiger partial charge on any atom is 0.282 e. The predicted octanol–water partition coefficient (Wildman–Crippen LogP) is 2.64. The molecular formula is C19H15N3O2. The Kier molecular flexibility index (Phi) is 3.20. The summed E-state index contributed by atoms with van der Waals surface area (Å²) in [5.74, 6) is -0.740. The Morgan fingerprint density at radius 3 is 2.46 bits per heavy atom. The highest BCUT2D eigenvalue weighted by Gasteiger charge is 2.34. The van der Waals surface area contributed by atoms with Gasteiger partial charge in [0.2, 0.25) is 0 Å². The minimum Gasteiger partial charge on any atom is -0.350 e. The third kappa shape index (κ3) is 2.18. The van der Waals surface area contributed by atoms with E-state index in [9.17, 15) is 9.59 Å². The van der Waals surface area contributed by atoms with Crippen molar-refractivity contribution in [3.63, 3.8) is 0 Å². The lowest BCUT2D eigenvalue weighted by atomic mass is 10.1. The molecule has 0 bridgehead atoms. The maximum atomic E-state index is 12.6. The molecule has 4 rings (SSSR count). The average molecular weight is 317 g/mol. The normalized spacial score (nSPS) is 16.2. The highest BCUT2D eigenvalue weighted by molar-refractivity contribution is 6.32. The van der Waals surface area contributed by atoms with Crippen LogP contribution in [0.5, 0.6) is 0 Å². The van der Waals surface area contributed by atoms with Gasteiger partial charge in [0.25, 0.3) is 11.8 Å². The minimum atomic E-state index is -0.392. The number of hydrogen-bond donors (Lipinski definition) is 1. The van der Waals surface area contributed by atoms with Crippen molar-refractivity contribution in [2.75, 3.05) is 5.01 Å². The number of rotatable bonds is 2. The number of aromatic nitrogens is 1. The van der Waals surface area contributed by atoms with E-state index >= 15 is 0 Å².